The summed E-state index contributed by atoms with van der Waals surface area (Å²) in [5, 5.41) is 4.01. The lowest BCUT2D eigenvalue weighted by Gasteiger charge is -2.23. The fourth-order valence-corrected chi connectivity index (χ4v) is 2.17. The molecule has 2 aromatic rings. The van der Waals surface area contributed by atoms with Crippen LogP contribution < -0.4 is 5.73 Å². The molecule has 2 heterocycles. The van der Waals surface area contributed by atoms with Crippen LogP contribution in [-0.2, 0) is 18.0 Å². The van der Waals surface area contributed by atoms with Crippen molar-refractivity contribution in [3.8, 4) is 11.5 Å². The van der Waals surface area contributed by atoms with Crippen molar-refractivity contribution in [1.82, 2.24) is 10.1 Å². The van der Waals surface area contributed by atoms with Crippen LogP contribution in [0, 0.1) is 5.41 Å². The number of ether oxygens (including phenoxy) is 1. The summed E-state index contributed by atoms with van der Waals surface area (Å²) >= 11 is 0. The Morgan fingerprint density at radius 3 is 2.70 bits per heavy atom. The van der Waals surface area contributed by atoms with Crippen molar-refractivity contribution in [2.75, 3.05) is 0 Å². The van der Waals surface area contributed by atoms with Crippen LogP contribution >= 0.6 is 0 Å². The maximum absolute atomic E-state index is 6.15. The zero-order chi connectivity index (χ0) is 14.3. The second-order valence-corrected chi connectivity index (χ2v) is 6.28. The third-order valence-corrected chi connectivity index (χ3v) is 3.62. The first-order valence-corrected chi connectivity index (χ1v) is 6.74. The molecule has 0 fully saturated rings. The standard InChI is InChI=1S/C15H19N3O2/c1-15(2,3)12(16)13-17-14(20-18-13)9-4-5-10-7-19-8-11(10)6-9/h4-6,12H,7-8,16H2,1-3H3. The Labute approximate surface area is 118 Å². The highest BCUT2D eigenvalue weighted by atomic mass is 16.5. The summed E-state index contributed by atoms with van der Waals surface area (Å²) in [6.45, 7) is 7.49. The minimum atomic E-state index is -0.252. The highest BCUT2D eigenvalue weighted by Crippen LogP contribution is 2.31. The van der Waals surface area contributed by atoms with Crippen LogP contribution in [0.2, 0.25) is 0 Å². The van der Waals surface area contributed by atoms with Gasteiger partial charge in [-0.05, 0) is 28.7 Å². The summed E-state index contributed by atoms with van der Waals surface area (Å²) in [5.41, 5.74) is 9.36. The molecule has 0 aliphatic carbocycles. The molecule has 0 spiro atoms. The van der Waals surface area contributed by atoms with Crippen LogP contribution in [0.25, 0.3) is 11.5 Å². The van der Waals surface area contributed by atoms with E-state index in [1.807, 2.05) is 18.2 Å². The smallest absolute Gasteiger partial charge is 0.257 e. The summed E-state index contributed by atoms with van der Waals surface area (Å²) in [5.74, 6) is 1.05. The van der Waals surface area contributed by atoms with Crippen molar-refractivity contribution in [3.05, 3.63) is 35.2 Å². The van der Waals surface area contributed by atoms with Gasteiger partial charge in [-0.2, -0.15) is 4.98 Å². The van der Waals surface area contributed by atoms with Gasteiger partial charge in [0.25, 0.3) is 5.89 Å². The molecular weight excluding hydrogens is 254 g/mol. The molecule has 1 aliphatic rings. The predicted octanol–water partition coefficient (Wildman–Crippen LogP) is 2.81. The van der Waals surface area contributed by atoms with Gasteiger partial charge >= 0.3 is 0 Å². The molecule has 1 aromatic carbocycles. The van der Waals surface area contributed by atoms with E-state index in [1.165, 1.54) is 11.1 Å². The molecule has 1 unspecified atom stereocenters. The number of fused-ring (bicyclic) bond motifs is 1. The van der Waals surface area contributed by atoms with E-state index in [2.05, 4.69) is 30.9 Å². The number of aromatic nitrogens is 2. The van der Waals surface area contributed by atoms with E-state index in [1.54, 1.807) is 0 Å². The highest BCUT2D eigenvalue weighted by Gasteiger charge is 2.27. The van der Waals surface area contributed by atoms with E-state index >= 15 is 0 Å². The zero-order valence-electron chi connectivity index (χ0n) is 12.0. The lowest BCUT2D eigenvalue weighted by Crippen LogP contribution is -2.27. The molecule has 1 aliphatic heterocycles. The van der Waals surface area contributed by atoms with Crippen LogP contribution in [0.15, 0.2) is 22.7 Å². The van der Waals surface area contributed by atoms with Gasteiger partial charge in [-0.15, -0.1) is 0 Å². The maximum atomic E-state index is 6.15. The quantitative estimate of drug-likeness (QED) is 0.910. The first kappa shape index (κ1) is 13.3. The molecule has 0 radical (unpaired) electrons. The second-order valence-electron chi connectivity index (χ2n) is 6.28. The normalized spacial score (nSPS) is 16.2. The Morgan fingerprint density at radius 2 is 1.95 bits per heavy atom. The van der Waals surface area contributed by atoms with Crippen molar-refractivity contribution in [1.29, 1.82) is 0 Å². The molecule has 1 aromatic heterocycles. The van der Waals surface area contributed by atoms with E-state index in [0.29, 0.717) is 24.9 Å². The van der Waals surface area contributed by atoms with E-state index < -0.39 is 0 Å². The maximum Gasteiger partial charge on any atom is 0.257 e. The lowest BCUT2D eigenvalue weighted by atomic mass is 9.87. The SMILES string of the molecule is CC(C)(C)C(N)c1noc(-c2ccc3c(c2)COC3)n1. The summed E-state index contributed by atoms with van der Waals surface area (Å²) in [6.07, 6.45) is 0. The number of nitrogens with zero attached hydrogens (tertiary/aromatic N) is 2. The van der Waals surface area contributed by atoms with Crippen molar-refractivity contribution in [2.45, 2.75) is 40.0 Å². The molecule has 3 rings (SSSR count). The van der Waals surface area contributed by atoms with Gasteiger partial charge in [0.1, 0.15) is 0 Å². The van der Waals surface area contributed by atoms with Gasteiger partial charge in [-0.25, -0.2) is 0 Å². The molecule has 106 valence electrons. The molecule has 0 amide bonds. The molecule has 1 atom stereocenters. The van der Waals surface area contributed by atoms with Gasteiger partial charge in [0, 0.05) is 5.56 Å². The molecular formula is C15H19N3O2. The topological polar surface area (TPSA) is 74.2 Å². The van der Waals surface area contributed by atoms with Gasteiger partial charge in [-0.1, -0.05) is 32.0 Å². The van der Waals surface area contributed by atoms with Gasteiger partial charge in [0.15, 0.2) is 5.82 Å². The number of rotatable bonds is 2. The van der Waals surface area contributed by atoms with E-state index in [0.717, 1.165) is 5.56 Å². The highest BCUT2D eigenvalue weighted by molar-refractivity contribution is 5.56. The number of hydrogen-bond donors (Lipinski definition) is 1. The minimum Gasteiger partial charge on any atom is -0.372 e. The van der Waals surface area contributed by atoms with E-state index in [4.69, 9.17) is 15.0 Å². The van der Waals surface area contributed by atoms with Crippen LogP contribution in [0.1, 0.15) is 43.8 Å². The number of benzene rings is 1. The van der Waals surface area contributed by atoms with Crippen molar-refractivity contribution >= 4 is 0 Å². The predicted molar refractivity (Wildman–Crippen MR) is 74.6 cm³/mol. The van der Waals surface area contributed by atoms with E-state index in [-0.39, 0.29) is 11.5 Å². The van der Waals surface area contributed by atoms with Crippen LogP contribution in [0.4, 0.5) is 0 Å². The zero-order valence-corrected chi connectivity index (χ0v) is 12.0. The Morgan fingerprint density at radius 1 is 1.20 bits per heavy atom. The average Bonchev–Trinajstić information content (AvgIpc) is 3.04. The first-order valence-electron chi connectivity index (χ1n) is 6.74. The molecule has 20 heavy (non-hydrogen) atoms. The average molecular weight is 273 g/mol. The Kier molecular flexibility index (Phi) is 3.11. The lowest BCUT2D eigenvalue weighted by molar-refractivity contribution is 0.134. The van der Waals surface area contributed by atoms with Crippen molar-refractivity contribution in [2.24, 2.45) is 11.1 Å². The van der Waals surface area contributed by atoms with E-state index in [9.17, 15) is 0 Å². The van der Waals surface area contributed by atoms with Crippen LogP contribution in [-0.4, -0.2) is 10.1 Å². The Hall–Kier alpha value is -1.72. The molecule has 0 saturated heterocycles. The van der Waals surface area contributed by atoms with Gasteiger partial charge < -0.3 is 15.0 Å². The van der Waals surface area contributed by atoms with Crippen molar-refractivity contribution < 1.29 is 9.26 Å². The second kappa shape index (κ2) is 4.68. The van der Waals surface area contributed by atoms with Crippen molar-refractivity contribution in [3.63, 3.8) is 0 Å². The Balaban J connectivity index is 1.90. The molecule has 2 N–H and O–H groups in total. The third-order valence-electron chi connectivity index (χ3n) is 3.62. The fraction of sp³-hybridized carbons (Fsp3) is 0.467. The first-order chi connectivity index (χ1) is 9.45. The Bertz CT molecular complexity index is 628. The fourth-order valence-electron chi connectivity index (χ4n) is 2.17. The van der Waals surface area contributed by atoms with Crippen LogP contribution in [0.5, 0.6) is 0 Å². The monoisotopic (exact) mass is 273 g/mol. The summed E-state index contributed by atoms with van der Waals surface area (Å²) in [4.78, 5) is 4.43. The molecule has 0 saturated carbocycles. The van der Waals surface area contributed by atoms with Gasteiger partial charge in [0.05, 0.1) is 19.3 Å². The third kappa shape index (κ3) is 2.34. The minimum absolute atomic E-state index is 0.104. The van der Waals surface area contributed by atoms with Gasteiger partial charge in [-0.3, -0.25) is 0 Å². The molecule has 5 heteroatoms. The van der Waals surface area contributed by atoms with Crippen LogP contribution in [0.3, 0.4) is 0 Å². The number of nitrogens with two attached hydrogens (primary N) is 1. The molecule has 0 bridgehead atoms. The summed E-state index contributed by atoms with van der Waals surface area (Å²) < 4.78 is 10.8. The summed E-state index contributed by atoms with van der Waals surface area (Å²) in [6, 6.07) is 5.82. The molecule has 5 nitrogen and oxygen atoms in total. The van der Waals surface area contributed by atoms with Gasteiger partial charge in [0.2, 0.25) is 0 Å². The number of hydrogen-bond acceptors (Lipinski definition) is 5. The largest absolute Gasteiger partial charge is 0.372 e. The summed E-state index contributed by atoms with van der Waals surface area (Å²) in [7, 11) is 0.